The number of rotatable bonds is 5. The van der Waals surface area contributed by atoms with Gasteiger partial charge in [-0.2, -0.15) is 0 Å². The summed E-state index contributed by atoms with van der Waals surface area (Å²) in [5.74, 6) is 0.244. The van der Waals surface area contributed by atoms with Gasteiger partial charge >= 0.3 is 5.97 Å². The largest absolute Gasteiger partial charge is 0.465 e. The quantitative estimate of drug-likeness (QED) is 0.579. The molecule has 25 heavy (non-hydrogen) atoms. The molecular weight excluding hydrogens is 334 g/mol. The number of fused-ring (bicyclic) bond motifs is 1. The van der Waals surface area contributed by atoms with E-state index >= 15 is 0 Å². The number of benzene rings is 2. The van der Waals surface area contributed by atoms with Gasteiger partial charge in [0.25, 0.3) is 0 Å². The number of carbonyl (C=O) groups is 1. The summed E-state index contributed by atoms with van der Waals surface area (Å²) in [5.41, 5.74) is 4.07. The van der Waals surface area contributed by atoms with Crippen molar-refractivity contribution in [3.05, 3.63) is 70.4 Å². The fraction of sp³-hybridized carbons (Fsp3) is 0.286. The normalized spacial score (nSPS) is 11.2. The number of carbonyl (C=O) groups excluding carboxylic acids is 1. The average molecular weight is 356 g/mol. The van der Waals surface area contributed by atoms with E-state index in [2.05, 4.69) is 30.5 Å². The summed E-state index contributed by atoms with van der Waals surface area (Å²) in [6.45, 7) is 5.14. The first-order valence-electron chi connectivity index (χ1n) is 8.43. The third-order valence-corrected chi connectivity index (χ3v) is 4.49. The van der Waals surface area contributed by atoms with Gasteiger partial charge in [-0.1, -0.05) is 37.6 Å². The van der Waals surface area contributed by atoms with Gasteiger partial charge < -0.3 is 9.30 Å². The summed E-state index contributed by atoms with van der Waals surface area (Å²) in [6, 6.07) is 15.8. The molecule has 0 aliphatic carbocycles. The maximum Gasteiger partial charge on any atom is 0.337 e. The van der Waals surface area contributed by atoms with E-state index in [4.69, 9.17) is 16.3 Å². The molecule has 3 rings (SSSR count). The van der Waals surface area contributed by atoms with Gasteiger partial charge in [-0.05, 0) is 54.3 Å². The summed E-state index contributed by atoms with van der Waals surface area (Å²) in [6.07, 6.45) is 0.989. The minimum Gasteiger partial charge on any atom is -0.465 e. The number of esters is 1. The molecular formula is C21H22ClNO2. The summed E-state index contributed by atoms with van der Waals surface area (Å²) < 4.78 is 7.13. The fourth-order valence-corrected chi connectivity index (χ4v) is 3.35. The Morgan fingerprint density at radius 2 is 1.96 bits per heavy atom. The van der Waals surface area contributed by atoms with E-state index in [0.717, 1.165) is 27.9 Å². The molecule has 0 saturated carbocycles. The van der Waals surface area contributed by atoms with Crippen molar-refractivity contribution in [2.24, 2.45) is 5.92 Å². The van der Waals surface area contributed by atoms with Crippen molar-refractivity contribution in [2.75, 3.05) is 7.11 Å². The SMILES string of the molecule is COC(=O)c1cccc(Cn2c(CC(C)C)cc3cc(Cl)ccc32)c1. The van der Waals surface area contributed by atoms with Crippen LogP contribution >= 0.6 is 11.6 Å². The van der Waals surface area contributed by atoms with Crippen molar-refractivity contribution in [3.8, 4) is 0 Å². The molecule has 0 radical (unpaired) electrons. The molecule has 2 aromatic carbocycles. The second-order valence-corrected chi connectivity index (χ2v) is 7.15. The smallest absolute Gasteiger partial charge is 0.337 e. The van der Waals surface area contributed by atoms with Gasteiger partial charge in [0, 0.05) is 28.2 Å². The molecule has 0 aliphatic rings. The van der Waals surface area contributed by atoms with E-state index in [-0.39, 0.29) is 5.97 Å². The predicted molar refractivity (Wildman–Crippen MR) is 102 cm³/mol. The second kappa shape index (κ2) is 7.32. The first-order chi connectivity index (χ1) is 12.0. The number of hydrogen-bond donors (Lipinski definition) is 0. The third kappa shape index (κ3) is 3.88. The Bertz CT molecular complexity index is 911. The van der Waals surface area contributed by atoms with Gasteiger partial charge in [-0.15, -0.1) is 0 Å². The van der Waals surface area contributed by atoms with Crippen LogP contribution in [0.1, 0.15) is 35.5 Å². The Balaban J connectivity index is 2.03. The van der Waals surface area contributed by atoms with Gasteiger partial charge in [0.15, 0.2) is 0 Å². The van der Waals surface area contributed by atoms with Crippen LogP contribution in [0.5, 0.6) is 0 Å². The van der Waals surface area contributed by atoms with Crippen molar-refractivity contribution >= 4 is 28.5 Å². The molecule has 0 aliphatic heterocycles. The van der Waals surface area contributed by atoms with Crippen LogP contribution in [0.4, 0.5) is 0 Å². The Kier molecular flexibility index (Phi) is 5.14. The maximum absolute atomic E-state index is 11.8. The molecule has 0 atom stereocenters. The first kappa shape index (κ1) is 17.6. The molecule has 0 spiro atoms. The van der Waals surface area contributed by atoms with Gasteiger partial charge in [0.05, 0.1) is 12.7 Å². The highest BCUT2D eigenvalue weighted by molar-refractivity contribution is 6.31. The summed E-state index contributed by atoms with van der Waals surface area (Å²) in [7, 11) is 1.40. The van der Waals surface area contributed by atoms with Crippen LogP contribution < -0.4 is 0 Å². The van der Waals surface area contributed by atoms with E-state index in [0.29, 0.717) is 18.0 Å². The number of hydrogen-bond acceptors (Lipinski definition) is 2. The molecule has 0 fully saturated rings. The van der Waals surface area contributed by atoms with Crippen LogP contribution in [-0.2, 0) is 17.7 Å². The highest BCUT2D eigenvalue weighted by Crippen LogP contribution is 2.26. The van der Waals surface area contributed by atoms with E-state index < -0.39 is 0 Å². The number of nitrogens with zero attached hydrogens (tertiary/aromatic N) is 1. The molecule has 3 nitrogen and oxygen atoms in total. The van der Waals surface area contributed by atoms with Gasteiger partial charge in [0.1, 0.15) is 0 Å². The van der Waals surface area contributed by atoms with Crippen molar-refractivity contribution in [1.82, 2.24) is 4.57 Å². The minimum atomic E-state index is -0.312. The highest BCUT2D eigenvalue weighted by atomic mass is 35.5. The molecule has 0 unspecified atom stereocenters. The molecule has 3 aromatic rings. The fourth-order valence-electron chi connectivity index (χ4n) is 3.17. The maximum atomic E-state index is 11.8. The van der Waals surface area contributed by atoms with Gasteiger partial charge in [0.2, 0.25) is 0 Å². The zero-order chi connectivity index (χ0) is 18.0. The van der Waals surface area contributed by atoms with E-state index in [1.165, 1.54) is 12.8 Å². The average Bonchev–Trinajstić information content (AvgIpc) is 2.90. The molecule has 0 N–H and O–H groups in total. The standard InChI is InChI=1S/C21H22ClNO2/c1-14(2)9-19-12-17-11-18(22)7-8-20(17)23(19)13-15-5-4-6-16(10-15)21(24)25-3/h4-8,10-12,14H,9,13H2,1-3H3. The van der Waals surface area contributed by atoms with Crippen molar-refractivity contribution in [2.45, 2.75) is 26.8 Å². The molecule has 130 valence electrons. The lowest BCUT2D eigenvalue weighted by molar-refractivity contribution is 0.0600. The Hall–Kier alpha value is -2.26. The van der Waals surface area contributed by atoms with Crippen LogP contribution in [-0.4, -0.2) is 17.6 Å². The minimum absolute atomic E-state index is 0.312. The van der Waals surface area contributed by atoms with Gasteiger partial charge in [-0.25, -0.2) is 4.79 Å². The summed E-state index contributed by atoms with van der Waals surface area (Å²) in [4.78, 5) is 11.8. The molecule has 1 heterocycles. The van der Waals surface area contributed by atoms with Crippen molar-refractivity contribution in [1.29, 1.82) is 0 Å². The lowest BCUT2D eigenvalue weighted by Gasteiger charge is -2.13. The Morgan fingerprint density at radius 3 is 2.68 bits per heavy atom. The number of methoxy groups -OCH3 is 1. The van der Waals surface area contributed by atoms with Crippen LogP contribution in [0, 0.1) is 5.92 Å². The zero-order valence-corrected chi connectivity index (χ0v) is 15.5. The Labute approximate surface area is 153 Å². The number of ether oxygens (including phenoxy) is 1. The topological polar surface area (TPSA) is 31.2 Å². The molecule has 0 amide bonds. The van der Waals surface area contributed by atoms with Crippen molar-refractivity contribution in [3.63, 3.8) is 0 Å². The molecule has 0 bridgehead atoms. The zero-order valence-electron chi connectivity index (χ0n) is 14.8. The summed E-state index contributed by atoms with van der Waals surface area (Å²) >= 11 is 6.16. The lowest BCUT2D eigenvalue weighted by Crippen LogP contribution is -2.08. The molecule has 4 heteroatoms. The lowest BCUT2D eigenvalue weighted by atomic mass is 10.1. The van der Waals surface area contributed by atoms with Crippen LogP contribution in [0.15, 0.2) is 48.5 Å². The monoisotopic (exact) mass is 355 g/mol. The van der Waals surface area contributed by atoms with Crippen LogP contribution in [0.3, 0.4) is 0 Å². The molecule has 1 aromatic heterocycles. The predicted octanol–water partition coefficient (Wildman–Crippen LogP) is 5.33. The van der Waals surface area contributed by atoms with Gasteiger partial charge in [-0.3, -0.25) is 0 Å². The summed E-state index contributed by atoms with van der Waals surface area (Å²) in [5, 5.41) is 1.89. The molecule has 0 saturated heterocycles. The van der Waals surface area contributed by atoms with Crippen LogP contribution in [0.25, 0.3) is 10.9 Å². The van der Waals surface area contributed by atoms with Crippen LogP contribution in [0.2, 0.25) is 5.02 Å². The highest BCUT2D eigenvalue weighted by Gasteiger charge is 2.12. The first-order valence-corrected chi connectivity index (χ1v) is 8.80. The second-order valence-electron chi connectivity index (χ2n) is 6.71. The van der Waals surface area contributed by atoms with E-state index in [1.54, 1.807) is 6.07 Å². The number of halogens is 1. The Morgan fingerprint density at radius 1 is 1.16 bits per heavy atom. The number of aromatic nitrogens is 1. The van der Waals surface area contributed by atoms with Crippen molar-refractivity contribution < 1.29 is 9.53 Å². The third-order valence-electron chi connectivity index (χ3n) is 4.26. The van der Waals surface area contributed by atoms with E-state index in [9.17, 15) is 4.79 Å². The van der Waals surface area contributed by atoms with E-state index in [1.807, 2.05) is 30.3 Å².